The molecule has 0 aromatic heterocycles. The van der Waals surface area contributed by atoms with Gasteiger partial charge >= 0.3 is 8.80 Å². The number of para-hydroxylation sites is 1. The number of hydrogen-bond acceptors (Lipinski definition) is 4. The van der Waals surface area contributed by atoms with E-state index in [0.29, 0.717) is 6.61 Å². The molecule has 136 valence electrons. The van der Waals surface area contributed by atoms with Crippen LogP contribution in [-0.2, 0) is 19.7 Å². The number of benzene rings is 2. The minimum absolute atomic E-state index is 0.599. The van der Waals surface area contributed by atoms with Gasteiger partial charge in [0.15, 0.2) is 0 Å². The van der Waals surface area contributed by atoms with Gasteiger partial charge in [-0.3, -0.25) is 0 Å². The van der Waals surface area contributed by atoms with Gasteiger partial charge in [0.2, 0.25) is 0 Å². The second kappa shape index (κ2) is 9.72. The summed E-state index contributed by atoms with van der Waals surface area (Å²) in [7, 11) is 2.38. The molecule has 25 heavy (non-hydrogen) atoms. The van der Waals surface area contributed by atoms with Gasteiger partial charge in [-0.05, 0) is 24.0 Å². The van der Waals surface area contributed by atoms with Crippen molar-refractivity contribution in [1.29, 1.82) is 0 Å². The molecular formula is C20H28O4Si. The molecule has 0 radical (unpaired) electrons. The van der Waals surface area contributed by atoms with E-state index in [1.807, 2.05) is 18.2 Å². The van der Waals surface area contributed by atoms with Crippen LogP contribution in [0.2, 0.25) is 6.04 Å². The molecule has 0 bridgehead atoms. The van der Waals surface area contributed by atoms with Crippen LogP contribution in [-0.4, -0.2) is 36.7 Å². The zero-order valence-electron chi connectivity index (χ0n) is 15.6. The first-order chi connectivity index (χ1) is 12.2. The summed E-state index contributed by atoms with van der Waals surface area (Å²) in [4.78, 5) is 0. The van der Waals surface area contributed by atoms with E-state index < -0.39 is 8.80 Å². The van der Waals surface area contributed by atoms with Crippen LogP contribution in [0.4, 0.5) is 0 Å². The standard InChI is InChI=1S/C20H28O4Si/c1-5-17-13-9-14-19(18-11-7-6-8-12-18)20(17)24-15-10-16-25(21-2,22-3)23-4/h6-9,11-14H,5,10,15-16H2,1-4H3. The van der Waals surface area contributed by atoms with Crippen molar-refractivity contribution in [2.75, 3.05) is 27.9 Å². The Kier molecular flexibility index (Phi) is 7.65. The van der Waals surface area contributed by atoms with Crippen molar-refractivity contribution in [3.63, 3.8) is 0 Å². The van der Waals surface area contributed by atoms with Crippen LogP contribution < -0.4 is 4.74 Å². The van der Waals surface area contributed by atoms with Crippen molar-refractivity contribution in [3.05, 3.63) is 54.1 Å². The molecule has 0 aliphatic carbocycles. The second-order valence-electron chi connectivity index (χ2n) is 5.76. The van der Waals surface area contributed by atoms with Crippen molar-refractivity contribution in [2.24, 2.45) is 0 Å². The van der Waals surface area contributed by atoms with E-state index in [1.54, 1.807) is 21.3 Å². The summed E-state index contributed by atoms with van der Waals surface area (Å²) >= 11 is 0. The Morgan fingerprint density at radius 1 is 0.840 bits per heavy atom. The van der Waals surface area contributed by atoms with Gasteiger partial charge in [-0.15, -0.1) is 0 Å². The van der Waals surface area contributed by atoms with Crippen LogP contribution in [0.3, 0.4) is 0 Å². The highest BCUT2D eigenvalue weighted by Gasteiger charge is 2.36. The van der Waals surface area contributed by atoms with Gasteiger partial charge < -0.3 is 18.0 Å². The first-order valence-electron chi connectivity index (χ1n) is 8.65. The molecule has 0 N–H and O–H groups in total. The minimum Gasteiger partial charge on any atom is -0.493 e. The highest BCUT2D eigenvalue weighted by atomic mass is 28.4. The van der Waals surface area contributed by atoms with Gasteiger partial charge in [0.05, 0.1) is 6.61 Å². The van der Waals surface area contributed by atoms with Crippen LogP contribution in [0.5, 0.6) is 5.75 Å². The number of rotatable bonds is 10. The third-order valence-electron chi connectivity index (χ3n) is 4.37. The van der Waals surface area contributed by atoms with Crippen molar-refractivity contribution >= 4 is 8.80 Å². The lowest BCUT2D eigenvalue weighted by molar-refractivity contribution is 0.121. The topological polar surface area (TPSA) is 36.9 Å². The monoisotopic (exact) mass is 360 g/mol. The average molecular weight is 361 g/mol. The minimum atomic E-state index is -2.54. The van der Waals surface area contributed by atoms with Gasteiger partial charge in [0.1, 0.15) is 5.75 Å². The van der Waals surface area contributed by atoms with E-state index in [2.05, 4.69) is 37.3 Å². The molecule has 0 unspecified atom stereocenters. The Balaban J connectivity index is 2.11. The lowest BCUT2D eigenvalue weighted by Crippen LogP contribution is -2.42. The molecule has 2 rings (SSSR count). The SMILES string of the molecule is CCc1cccc(-c2ccccc2)c1OCCC[Si](OC)(OC)OC. The number of ether oxygens (including phenoxy) is 1. The van der Waals surface area contributed by atoms with Crippen molar-refractivity contribution in [1.82, 2.24) is 0 Å². The van der Waals surface area contributed by atoms with Crippen molar-refractivity contribution in [3.8, 4) is 16.9 Å². The van der Waals surface area contributed by atoms with Crippen molar-refractivity contribution < 1.29 is 18.0 Å². The largest absolute Gasteiger partial charge is 0.500 e. The molecule has 2 aromatic carbocycles. The summed E-state index contributed by atoms with van der Waals surface area (Å²) in [5, 5.41) is 0. The summed E-state index contributed by atoms with van der Waals surface area (Å²) in [6.07, 6.45) is 1.75. The molecule has 0 spiro atoms. The molecule has 0 amide bonds. The smallest absolute Gasteiger partial charge is 0.493 e. The summed E-state index contributed by atoms with van der Waals surface area (Å²) in [6, 6.07) is 17.4. The molecule has 0 aliphatic heterocycles. The molecule has 2 aromatic rings. The summed E-state index contributed by atoms with van der Waals surface area (Å²) < 4.78 is 22.6. The van der Waals surface area contributed by atoms with Gasteiger partial charge in [0, 0.05) is 32.9 Å². The van der Waals surface area contributed by atoms with E-state index in [4.69, 9.17) is 18.0 Å². The number of aryl methyl sites for hydroxylation is 1. The van der Waals surface area contributed by atoms with Crippen LogP contribution in [0.15, 0.2) is 48.5 Å². The summed E-state index contributed by atoms with van der Waals surface area (Å²) in [5.74, 6) is 0.968. The van der Waals surface area contributed by atoms with E-state index in [0.717, 1.165) is 30.2 Å². The molecular weight excluding hydrogens is 332 g/mol. The Labute approximate surface area is 152 Å². The first kappa shape index (κ1) is 19.7. The Morgan fingerprint density at radius 3 is 2.12 bits per heavy atom. The van der Waals surface area contributed by atoms with Crippen LogP contribution in [0.1, 0.15) is 18.9 Å². The average Bonchev–Trinajstić information content (AvgIpc) is 2.69. The lowest BCUT2D eigenvalue weighted by Gasteiger charge is -2.24. The van der Waals surface area contributed by atoms with Crippen molar-refractivity contribution in [2.45, 2.75) is 25.8 Å². The molecule has 4 nitrogen and oxygen atoms in total. The molecule has 0 saturated carbocycles. The predicted molar refractivity (Wildman–Crippen MR) is 103 cm³/mol. The highest BCUT2D eigenvalue weighted by Crippen LogP contribution is 2.33. The first-order valence-corrected chi connectivity index (χ1v) is 10.6. The Hall–Kier alpha value is -1.66. The maximum absolute atomic E-state index is 6.20. The van der Waals surface area contributed by atoms with Gasteiger partial charge in [-0.1, -0.05) is 55.5 Å². The maximum atomic E-state index is 6.20. The third kappa shape index (κ3) is 4.92. The quantitative estimate of drug-likeness (QED) is 0.460. The molecule has 0 aliphatic rings. The summed E-state index contributed by atoms with van der Waals surface area (Å²) in [5.41, 5.74) is 3.52. The zero-order valence-corrected chi connectivity index (χ0v) is 16.6. The fourth-order valence-corrected chi connectivity index (χ4v) is 4.59. The zero-order chi connectivity index (χ0) is 18.1. The van der Waals surface area contributed by atoms with Gasteiger partial charge in [-0.2, -0.15) is 0 Å². The highest BCUT2D eigenvalue weighted by molar-refractivity contribution is 6.60. The van der Waals surface area contributed by atoms with E-state index >= 15 is 0 Å². The Morgan fingerprint density at radius 2 is 1.52 bits per heavy atom. The maximum Gasteiger partial charge on any atom is 0.500 e. The van der Waals surface area contributed by atoms with Crippen LogP contribution in [0, 0.1) is 0 Å². The Bertz CT molecular complexity index is 633. The van der Waals surface area contributed by atoms with Crippen LogP contribution >= 0.6 is 0 Å². The molecule has 0 saturated heterocycles. The van der Waals surface area contributed by atoms with E-state index in [1.165, 1.54) is 11.1 Å². The normalized spacial score (nSPS) is 11.5. The predicted octanol–water partition coefficient (Wildman–Crippen LogP) is 4.56. The van der Waals surface area contributed by atoms with Gasteiger partial charge in [0.25, 0.3) is 0 Å². The van der Waals surface area contributed by atoms with E-state index in [9.17, 15) is 0 Å². The molecule has 5 heteroatoms. The van der Waals surface area contributed by atoms with E-state index in [-0.39, 0.29) is 0 Å². The van der Waals surface area contributed by atoms with Crippen LogP contribution in [0.25, 0.3) is 11.1 Å². The fraction of sp³-hybridized carbons (Fsp3) is 0.400. The van der Waals surface area contributed by atoms with Gasteiger partial charge in [-0.25, -0.2) is 0 Å². The molecule has 0 fully saturated rings. The lowest BCUT2D eigenvalue weighted by atomic mass is 10.0. The summed E-state index contributed by atoms with van der Waals surface area (Å²) in [6.45, 7) is 2.75. The molecule has 0 atom stereocenters. The fourth-order valence-electron chi connectivity index (χ4n) is 2.90. The number of hydrogen-bond donors (Lipinski definition) is 0. The third-order valence-corrected chi connectivity index (χ3v) is 7.20. The second-order valence-corrected chi connectivity index (χ2v) is 8.85. The molecule has 0 heterocycles.